The molecule has 4 atom stereocenters. The molecule has 100 heavy (non-hydrogen) atoms. The second-order valence-electron chi connectivity index (χ2n) is 27.6. The Hall–Kier alpha value is -6.72. The molecule has 4 saturated heterocycles. The maximum absolute atomic E-state index is 12.4. The van der Waals surface area contributed by atoms with Gasteiger partial charge in [-0.25, -0.2) is 59.0 Å². The van der Waals surface area contributed by atoms with E-state index in [1.807, 2.05) is 114 Å². The number of ether oxygens (including phenoxy) is 4. The summed E-state index contributed by atoms with van der Waals surface area (Å²) >= 11 is 28.3. The Morgan fingerprint density at radius 2 is 0.910 bits per heavy atom. The van der Waals surface area contributed by atoms with E-state index in [1.54, 1.807) is 25.8 Å². The predicted octanol–water partition coefficient (Wildman–Crippen LogP) is 13.9. The Morgan fingerprint density at radius 1 is 0.550 bits per heavy atom. The summed E-state index contributed by atoms with van der Waals surface area (Å²) in [7, 11) is 4.34. The molecule has 0 spiro atoms. The standard InChI is InChI=1S/C16H20BrClN4O2.C16H22BrN5O2.C16H21ClN4O2.C10H19NO3.C6H4ClN3.BHNS.H3N.H2O/c2*1-16(2,3)24-15(23)21-6-4-5-10(7-21)22-8-11(17)12-13(18)19-9-20-14(12)22;1-16(2,3)23-15(22)20-7-4-5-11(9-20)21-8-6-12-13(17)18-10-19-14(12)21;1-10(2,3)14-9(13)11-6-4-5-8(12)7-11;7-5-4-1-2-8-6(4)10-3-9-5;1-2-3;;/h8-10H,4-7H2,1-3H3;8-10H,4-7H2,1-3H3,(H2,18,19,20);6,8,10-11H,4-5,7,9H2,1-3H3;8,12H,4-7H2,1-3H3;1-3H,(H,8,9,10);3H;1H3;1H2/t2*10-;11-;8-;;;;/m1110..../s1. The number of nitrogens with one attached hydrogen (secondary N) is 1. The molecule has 4 aliphatic rings. The minimum atomic E-state index is -0.492. The van der Waals surface area contributed by atoms with Crippen LogP contribution in [0.3, 0.4) is 0 Å². The maximum atomic E-state index is 12.4. The SMILES string of the molecule is CC(C)(C)OC(=O)N1CCC[C@@H](n2cc(Br)c3c(Cl)ncnc32)C1.CC(C)(C)OC(=O)N1CCC[C@@H](n2cc(Br)c3c(N)ncnc32)C1.CC(C)(C)OC(=O)N1CCC[C@@H](n2ccc3c(Cl)ncnc32)C1.CC(C)(C)OC(=O)N1CCC[C@H](O)C1.Clc1ncnc2[nH]ccc12.N.O.[B]=NS. The van der Waals surface area contributed by atoms with Gasteiger partial charge in [-0.1, -0.05) is 34.8 Å². The van der Waals surface area contributed by atoms with Crippen LogP contribution in [0.4, 0.5) is 25.0 Å². The summed E-state index contributed by atoms with van der Waals surface area (Å²) in [5.41, 5.74) is 7.19. The van der Waals surface area contributed by atoms with Gasteiger partial charge in [0.15, 0.2) is 0 Å². The third-order valence-corrected chi connectivity index (χ3v) is 17.3. The summed E-state index contributed by atoms with van der Waals surface area (Å²) in [5.74, 6) is 0.449. The molecular formula is C64H92BBr2Cl3N19O10S. The van der Waals surface area contributed by atoms with E-state index in [-0.39, 0.29) is 54.1 Å². The molecule has 12 rings (SSSR count). The van der Waals surface area contributed by atoms with Crippen LogP contribution < -0.4 is 11.9 Å². The Bertz CT molecular complexity index is 3900. The summed E-state index contributed by atoms with van der Waals surface area (Å²) in [4.78, 5) is 91.3. The van der Waals surface area contributed by atoms with Gasteiger partial charge >= 0.3 is 49.1 Å². The number of rotatable bonds is 3. The van der Waals surface area contributed by atoms with Gasteiger partial charge in [0.25, 0.3) is 0 Å². The number of aromatic amines is 1. The first-order valence-corrected chi connectivity index (χ1v) is 35.1. The zero-order valence-corrected chi connectivity index (χ0v) is 64.8. The number of piperidine rings is 4. The van der Waals surface area contributed by atoms with Gasteiger partial charge in [0, 0.05) is 86.1 Å². The van der Waals surface area contributed by atoms with E-state index in [0.29, 0.717) is 67.1 Å². The molecule has 9 N–H and O–H groups in total. The van der Waals surface area contributed by atoms with Gasteiger partial charge in [0.05, 0.1) is 45.8 Å². The monoisotopic (exact) mass is 1590 g/mol. The first-order chi connectivity index (χ1) is 46.0. The van der Waals surface area contributed by atoms with Crippen LogP contribution in [0.25, 0.3) is 44.1 Å². The fourth-order valence-corrected chi connectivity index (χ4v) is 13.1. The van der Waals surface area contributed by atoms with E-state index in [9.17, 15) is 24.3 Å². The van der Waals surface area contributed by atoms with Crippen molar-refractivity contribution in [1.82, 2.24) is 84.3 Å². The van der Waals surface area contributed by atoms with E-state index in [4.69, 9.17) is 59.5 Å². The number of amides is 4. The molecule has 8 aromatic heterocycles. The Kier molecular flexibility index (Phi) is 31.0. The summed E-state index contributed by atoms with van der Waals surface area (Å²) < 4.78 is 32.3. The molecule has 4 fully saturated rings. The summed E-state index contributed by atoms with van der Waals surface area (Å²) in [6.45, 7) is 27.4. The number of fused-ring (bicyclic) bond motifs is 4. The van der Waals surface area contributed by atoms with Gasteiger partial charge in [-0.05, 0) is 178 Å². The number of hydrogen-bond acceptors (Lipinski definition) is 21. The molecule has 0 aliphatic carbocycles. The third-order valence-electron chi connectivity index (χ3n) is 15.2. The summed E-state index contributed by atoms with van der Waals surface area (Å²) in [5, 5.41) is 14.1. The number of aromatic nitrogens is 12. The molecule has 0 saturated carbocycles. The average molecular weight is 1600 g/mol. The molecule has 4 amide bonds. The molecule has 36 heteroatoms. The molecule has 4 aliphatic heterocycles. The Labute approximate surface area is 620 Å². The van der Waals surface area contributed by atoms with E-state index >= 15 is 0 Å². The number of aliphatic hydroxyl groups is 1. The first kappa shape index (κ1) is 83.9. The topological polar surface area (TPSA) is 377 Å². The number of hydrogen-bond donors (Lipinski definition) is 5. The second-order valence-corrected chi connectivity index (χ2v) is 30.6. The molecule has 1 radical (unpaired) electrons. The predicted molar refractivity (Wildman–Crippen MR) is 398 cm³/mol. The number of β-amino-alcohol motifs (C(OH)–C–C–N with tert-alkyl or cyclic N) is 1. The van der Waals surface area contributed by atoms with Gasteiger partial charge in [0.2, 0.25) is 0 Å². The molecular weight excluding hydrogens is 1500 g/mol. The van der Waals surface area contributed by atoms with Crippen LogP contribution in [0.2, 0.25) is 15.5 Å². The molecule has 29 nitrogen and oxygen atoms in total. The Balaban J connectivity index is 0.000000228. The quantitative estimate of drug-likeness (QED) is 0.0475. The molecule has 8 aromatic rings. The number of thiol groups is 1. The number of nitrogens with two attached hydrogens (primary N) is 1. The zero-order valence-electron chi connectivity index (χ0n) is 58.5. The van der Waals surface area contributed by atoms with Crippen molar-refractivity contribution >= 4 is 161 Å². The second kappa shape index (κ2) is 36.9. The van der Waals surface area contributed by atoms with Gasteiger partial charge in [-0.2, -0.15) is 0 Å². The number of carbonyl (C=O) groups excluding carboxylic acids is 4. The number of carbonyl (C=O) groups is 4. The number of aliphatic hydroxyl groups excluding tert-OH is 1. The van der Waals surface area contributed by atoms with Gasteiger partial charge in [-0.15, -0.1) is 0 Å². The van der Waals surface area contributed by atoms with Crippen LogP contribution in [-0.2, 0) is 18.9 Å². The molecule has 12 heterocycles. The van der Waals surface area contributed by atoms with E-state index in [0.717, 1.165) is 111 Å². The van der Waals surface area contributed by atoms with Crippen molar-refractivity contribution in [3.8, 4) is 0 Å². The molecule has 0 aromatic carbocycles. The van der Waals surface area contributed by atoms with Gasteiger partial charge < -0.3 is 79.7 Å². The average Bonchev–Trinajstić information content (AvgIpc) is 1.63. The fourth-order valence-electron chi connectivity index (χ4n) is 11.2. The van der Waals surface area contributed by atoms with Crippen molar-refractivity contribution in [2.75, 3.05) is 58.1 Å². The van der Waals surface area contributed by atoms with E-state index < -0.39 is 28.5 Å². The van der Waals surface area contributed by atoms with Gasteiger partial charge in [0.1, 0.15) is 91.6 Å². The van der Waals surface area contributed by atoms with Crippen LogP contribution >= 0.6 is 79.5 Å². The van der Waals surface area contributed by atoms with Crippen LogP contribution in [0.15, 0.2) is 75.5 Å². The zero-order chi connectivity index (χ0) is 72.0. The number of nitrogen functional groups attached to an aromatic ring is 1. The van der Waals surface area contributed by atoms with E-state index in [2.05, 4.69) is 115 Å². The van der Waals surface area contributed by atoms with Crippen LogP contribution in [0.5, 0.6) is 0 Å². The van der Waals surface area contributed by atoms with Crippen molar-refractivity contribution < 1.29 is 48.7 Å². The first-order valence-electron chi connectivity index (χ1n) is 32.0. The van der Waals surface area contributed by atoms with Crippen molar-refractivity contribution in [3.63, 3.8) is 0 Å². The van der Waals surface area contributed by atoms with Crippen molar-refractivity contribution in [1.29, 1.82) is 0 Å². The summed E-state index contributed by atoms with van der Waals surface area (Å²) in [6, 6.07) is 4.20. The fraction of sp³-hybridized carbons (Fsp3) is 0.562. The number of likely N-dealkylation sites (tertiary alicyclic amines) is 4. The van der Waals surface area contributed by atoms with Crippen LogP contribution in [-0.4, -0.2) is 202 Å². The Morgan fingerprint density at radius 3 is 1.34 bits per heavy atom. The normalized spacial score (nSPS) is 17.9. The third kappa shape index (κ3) is 23.9. The van der Waals surface area contributed by atoms with Gasteiger partial charge in [-0.3, -0.25) is 0 Å². The number of halogens is 5. The van der Waals surface area contributed by atoms with Crippen molar-refractivity contribution in [3.05, 3.63) is 86.6 Å². The van der Waals surface area contributed by atoms with E-state index in [1.165, 1.54) is 25.3 Å². The molecule has 547 valence electrons. The van der Waals surface area contributed by atoms with Crippen LogP contribution in [0.1, 0.15) is 153 Å². The number of nitrogens with zero attached hydrogens (tertiary/aromatic N) is 16. The van der Waals surface area contributed by atoms with Crippen molar-refractivity contribution in [2.45, 2.75) is 181 Å². The van der Waals surface area contributed by atoms with Crippen LogP contribution in [0, 0.1) is 0 Å². The molecule has 0 bridgehead atoms. The van der Waals surface area contributed by atoms with Crippen molar-refractivity contribution in [2.24, 2.45) is 4.30 Å². The summed E-state index contributed by atoms with van der Waals surface area (Å²) in [6.07, 6.45) is 19.3. The minimum absolute atomic E-state index is 0. The number of H-pyrrole nitrogens is 1. The number of anilines is 1. The molecule has 0 unspecified atom stereocenters.